The Bertz CT molecular complexity index is 579. The lowest BCUT2D eigenvalue weighted by molar-refractivity contribution is 0.186. The third-order valence-corrected chi connectivity index (χ3v) is 3.93. The van der Waals surface area contributed by atoms with Gasteiger partial charge in [-0.3, -0.25) is 0 Å². The highest BCUT2D eigenvalue weighted by Gasteiger charge is 2.32. The number of benzene rings is 2. The molecule has 0 aliphatic carbocycles. The van der Waals surface area contributed by atoms with Crippen molar-refractivity contribution in [1.82, 2.24) is 5.32 Å². The van der Waals surface area contributed by atoms with Crippen LogP contribution in [0.15, 0.2) is 48.5 Å². The molecule has 2 aromatic rings. The van der Waals surface area contributed by atoms with Gasteiger partial charge in [0.2, 0.25) is 0 Å². The van der Waals surface area contributed by atoms with E-state index in [1.165, 1.54) is 16.7 Å². The SMILES string of the molecule is CCNC1c2cc(-c3ccccc3)ccc2OC1CC. The minimum atomic E-state index is 0.246. The van der Waals surface area contributed by atoms with E-state index in [9.17, 15) is 0 Å². The molecule has 20 heavy (non-hydrogen) atoms. The predicted molar refractivity (Wildman–Crippen MR) is 83.0 cm³/mol. The summed E-state index contributed by atoms with van der Waals surface area (Å²) in [6, 6.07) is 17.3. The van der Waals surface area contributed by atoms with Crippen molar-refractivity contribution >= 4 is 0 Å². The highest BCUT2D eigenvalue weighted by molar-refractivity contribution is 5.66. The Balaban J connectivity index is 1.99. The third-order valence-electron chi connectivity index (χ3n) is 3.93. The molecular weight excluding hydrogens is 246 g/mol. The van der Waals surface area contributed by atoms with Crippen LogP contribution in [0.1, 0.15) is 31.9 Å². The lowest BCUT2D eigenvalue weighted by Gasteiger charge is -2.18. The molecule has 2 heteroatoms. The highest BCUT2D eigenvalue weighted by Crippen LogP contribution is 2.40. The second kappa shape index (κ2) is 5.68. The molecule has 0 aromatic heterocycles. The second-order valence-corrected chi connectivity index (χ2v) is 5.22. The van der Waals surface area contributed by atoms with Crippen molar-refractivity contribution in [3.63, 3.8) is 0 Å². The van der Waals surface area contributed by atoms with Crippen LogP contribution in [0, 0.1) is 0 Å². The summed E-state index contributed by atoms with van der Waals surface area (Å²) in [4.78, 5) is 0. The van der Waals surface area contributed by atoms with Crippen LogP contribution in [0.2, 0.25) is 0 Å². The summed E-state index contributed by atoms with van der Waals surface area (Å²) in [6.07, 6.45) is 1.27. The van der Waals surface area contributed by atoms with Gasteiger partial charge in [-0.15, -0.1) is 0 Å². The van der Waals surface area contributed by atoms with Crippen molar-refractivity contribution < 1.29 is 4.74 Å². The monoisotopic (exact) mass is 267 g/mol. The zero-order chi connectivity index (χ0) is 13.9. The smallest absolute Gasteiger partial charge is 0.124 e. The molecule has 0 bridgehead atoms. The number of rotatable bonds is 4. The lowest BCUT2D eigenvalue weighted by Crippen LogP contribution is -2.30. The van der Waals surface area contributed by atoms with Crippen LogP contribution in [0.25, 0.3) is 11.1 Å². The molecule has 104 valence electrons. The van der Waals surface area contributed by atoms with E-state index in [-0.39, 0.29) is 6.10 Å². The second-order valence-electron chi connectivity index (χ2n) is 5.22. The number of ether oxygens (including phenoxy) is 1. The van der Waals surface area contributed by atoms with Crippen LogP contribution in [0.5, 0.6) is 5.75 Å². The Labute approximate surface area is 120 Å². The molecule has 0 saturated carbocycles. The van der Waals surface area contributed by atoms with E-state index in [1.54, 1.807) is 0 Å². The van der Waals surface area contributed by atoms with Gasteiger partial charge in [-0.2, -0.15) is 0 Å². The number of nitrogens with one attached hydrogen (secondary N) is 1. The fraction of sp³-hybridized carbons (Fsp3) is 0.333. The van der Waals surface area contributed by atoms with Crippen molar-refractivity contribution in [2.24, 2.45) is 0 Å². The van der Waals surface area contributed by atoms with E-state index >= 15 is 0 Å². The molecule has 0 saturated heterocycles. The van der Waals surface area contributed by atoms with Gasteiger partial charge in [0.05, 0.1) is 6.04 Å². The summed E-state index contributed by atoms with van der Waals surface area (Å²) in [7, 11) is 0. The molecule has 2 nitrogen and oxygen atoms in total. The molecule has 1 aliphatic heterocycles. The van der Waals surface area contributed by atoms with E-state index in [2.05, 4.69) is 67.7 Å². The lowest BCUT2D eigenvalue weighted by atomic mass is 9.97. The summed E-state index contributed by atoms with van der Waals surface area (Å²) >= 11 is 0. The van der Waals surface area contributed by atoms with Gasteiger partial charge in [-0.25, -0.2) is 0 Å². The first kappa shape index (κ1) is 13.2. The fourth-order valence-corrected chi connectivity index (χ4v) is 2.92. The van der Waals surface area contributed by atoms with Crippen LogP contribution in [-0.4, -0.2) is 12.6 Å². The normalized spacial score (nSPS) is 20.5. The third kappa shape index (κ3) is 2.32. The van der Waals surface area contributed by atoms with Gasteiger partial charge in [-0.05, 0) is 36.2 Å². The molecule has 2 aromatic carbocycles. The van der Waals surface area contributed by atoms with Gasteiger partial charge in [-0.1, -0.05) is 50.2 Å². The highest BCUT2D eigenvalue weighted by atomic mass is 16.5. The first-order valence-corrected chi connectivity index (χ1v) is 7.43. The molecule has 1 N–H and O–H groups in total. The Morgan fingerprint density at radius 1 is 1.00 bits per heavy atom. The summed E-state index contributed by atoms with van der Waals surface area (Å²) in [6.45, 7) is 5.28. The number of likely N-dealkylation sites (N-methyl/N-ethyl adjacent to an activating group) is 1. The maximum Gasteiger partial charge on any atom is 0.124 e. The molecule has 2 atom stereocenters. The maximum absolute atomic E-state index is 6.05. The molecule has 0 fully saturated rings. The Morgan fingerprint density at radius 3 is 2.50 bits per heavy atom. The number of fused-ring (bicyclic) bond motifs is 1. The number of hydrogen-bond donors (Lipinski definition) is 1. The van der Waals surface area contributed by atoms with Crippen LogP contribution in [-0.2, 0) is 0 Å². The minimum absolute atomic E-state index is 0.246. The van der Waals surface area contributed by atoms with E-state index in [4.69, 9.17) is 4.74 Å². The molecule has 0 amide bonds. The molecule has 2 unspecified atom stereocenters. The zero-order valence-electron chi connectivity index (χ0n) is 12.1. The predicted octanol–water partition coefficient (Wildman–Crippen LogP) is 4.18. The van der Waals surface area contributed by atoms with Crippen molar-refractivity contribution in [3.8, 4) is 16.9 Å². The van der Waals surface area contributed by atoms with E-state index in [0.29, 0.717) is 6.04 Å². The summed E-state index contributed by atoms with van der Waals surface area (Å²) in [5, 5.41) is 3.56. The number of hydrogen-bond acceptors (Lipinski definition) is 2. The quantitative estimate of drug-likeness (QED) is 0.897. The summed E-state index contributed by atoms with van der Waals surface area (Å²) in [5.41, 5.74) is 3.80. The molecular formula is C18H21NO. The average molecular weight is 267 g/mol. The first-order chi connectivity index (χ1) is 9.83. The Kier molecular flexibility index (Phi) is 3.75. The summed E-state index contributed by atoms with van der Waals surface area (Å²) in [5.74, 6) is 1.03. The molecule has 1 heterocycles. The molecule has 0 radical (unpaired) electrons. The van der Waals surface area contributed by atoms with Crippen LogP contribution >= 0.6 is 0 Å². The van der Waals surface area contributed by atoms with E-state index in [1.807, 2.05) is 0 Å². The van der Waals surface area contributed by atoms with Crippen molar-refractivity contribution in [1.29, 1.82) is 0 Å². The van der Waals surface area contributed by atoms with Crippen LogP contribution in [0.3, 0.4) is 0 Å². The van der Waals surface area contributed by atoms with Crippen molar-refractivity contribution in [3.05, 3.63) is 54.1 Å². The first-order valence-electron chi connectivity index (χ1n) is 7.43. The van der Waals surface area contributed by atoms with E-state index in [0.717, 1.165) is 18.7 Å². The minimum Gasteiger partial charge on any atom is -0.488 e. The van der Waals surface area contributed by atoms with E-state index < -0.39 is 0 Å². The molecule has 1 aliphatic rings. The maximum atomic E-state index is 6.05. The Hall–Kier alpha value is -1.80. The van der Waals surface area contributed by atoms with Crippen molar-refractivity contribution in [2.45, 2.75) is 32.4 Å². The van der Waals surface area contributed by atoms with Gasteiger partial charge in [0.15, 0.2) is 0 Å². The molecule has 0 spiro atoms. The molecule has 3 rings (SSSR count). The van der Waals surface area contributed by atoms with Gasteiger partial charge >= 0.3 is 0 Å². The fourth-order valence-electron chi connectivity index (χ4n) is 2.92. The summed E-state index contributed by atoms with van der Waals surface area (Å²) < 4.78 is 6.05. The van der Waals surface area contributed by atoms with Gasteiger partial charge in [0.1, 0.15) is 11.9 Å². The van der Waals surface area contributed by atoms with Gasteiger partial charge in [0, 0.05) is 5.56 Å². The van der Waals surface area contributed by atoms with Gasteiger partial charge in [0.25, 0.3) is 0 Å². The van der Waals surface area contributed by atoms with Crippen LogP contribution < -0.4 is 10.1 Å². The Morgan fingerprint density at radius 2 is 1.80 bits per heavy atom. The largest absolute Gasteiger partial charge is 0.488 e. The average Bonchev–Trinajstić information content (AvgIpc) is 2.86. The standard InChI is InChI=1S/C18H21NO/c1-3-16-18(19-4-2)15-12-14(10-11-17(15)20-16)13-8-6-5-7-9-13/h5-12,16,18-19H,3-4H2,1-2H3. The zero-order valence-corrected chi connectivity index (χ0v) is 12.1. The topological polar surface area (TPSA) is 21.3 Å². The van der Waals surface area contributed by atoms with Gasteiger partial charge < -0.3 is 10.1 Å². The van der Waals surface area contributed by atoms with Crippen LogP contribution in [0.4, 0.5) is 0 Å². The van der Waals surface area contributed by atoms with Crippen molar-refractivity contribution in [2.75, 3.05) is 6.54 Å².